The number of aryl methyl sites for hydroxylation is 1. The van der Waals surface area contributed by atoms with Crippen LogP contribution >= 0.6 is 0 Å². The summed E-state index contributed by atoms with van der Waals surface area (Å²) < 4.78 is 30.0. The number of aromatic nitrogens is 1. The Hall–Kier alpha value is -3.37. The monoisotopic (exact) mass is 470 g/mol. The van der Waals surface area contributed by atoms with Gasteiger partial charge in [0.15, 0.2) is 0 Å². The van der Waals surface area contributed by atoms with Gasteiger partial charge in [0.05, 0.1) is 23.2 Å². The highest BCUT2D eigenvalue weighted by Crippen LogP contribution is 2.37. The van der Waals surface area contributed by atoms with Crippen LogP contribution in [0.5, 0.6) is 5.75 Å². The Labute approximate surface area is 192 Å². The standard InChI is InChI=1S/C23H26N4O5S/c1-26-19-10-7-16(32-2)14-18(19)21(27-13-3-4-20(27)28)22(26)23(29)25-12-11-15-5-8-17(9-6-15)33(24,30)31/h5-10,14H,3-4,11-13H2,1-2H3,(H,25,29)(H2,24,30,31). The minimum absolute atomic E-state index is 0.00526. The summed E-state index contributed by atoms with van der Waals surface area (Å²) in [5.74, 6) is 0.355. The van der Waals surface area contributed by atoms with E-state index in [1.54, 1.807) is 35.8 Å². The molecule has 0 unspecified atom stereocenters. The number of fused-ring (bicyclic) bond motifs is 1. The van der Waals surface area contributed by atoms with Crippen molar-refractivity contribution >= 4 is 38.4 Å². The molecule has 174 valence electrons. The van der Waals surface area contributed by atoms with Gasteiger partial charge in [0.25, 0.3) is 5.91 Å². The lowest BCUT2D eigenvalue weighted by Crippen LogP contribution is -2.31. The minimum Gasteiger partial charge on any atom is -0.497 e. The summed E-state index contributed by atoms with van der Waals surface area (Å²) in [5, 5.41) is 8.85. The van der Waals surface area contributed by atoms with Crippen LogP contribution in [-0.4, -0.2) is 45.0 Å². The number of hydrogen-bond donors (Lipinski definition) is 2. The van der Waals surface area contributed by atoms with Gasteiger partial charge in [-0.25, -0.2) is 13.6 Å². The van der Waals surface area contributed by atoms with Gasteiger partial charge in [-0.3, -0.25) is 9.59 Å². The van der Waals surface area contributed by atoms with Gasteiger partial charge in [0, 0.05) is 31.9 Å². The van der Waals surface area contributed by atoms with E-state index in [4.69, 9.17) is 9.88 Å². The van der Waals surface area contributed by atoms with E-state index in [0.29, 0.717) is 43.1 Å². The fourth-order valence-corrected chi connectivity index (χ4v) is 4.71. The van der Waals surface area contributed by atoms with E-state index in [-0.39, 0.29) is 16.7 Å². The lowest BCUT2D eigenvalue weighted by atomic mass is 10.1. The SMILES string of the molecule is COc1ccc2c(c1)c(N1CCCC1=O)c(C(=O)NCCc1ccc(S(N)(=O)=O)cc1)n2C. The lowest BCUT2D eigenvalue weighted by Gasteiger charge is -2.18. The fraction of sp³-hybridized carbons (Fsp3) is 0.304. The summed E-state index contributed by atoms with van der Waals surface area (Å²) in [6.07, 6.45) is 1.71. The zero-order valence-corrected chi connectivity index (χ0v) is 19.3. The maximum absolute atomic E-state index is 13.3. The highest BCUT2D eigenvalue weighted by atomic mass is 32.2. The molecule has 1 saturated heterocycles. The Morgan fingerprint density at radius 3 is 2.52 bits per heavy atom. The maximum Gasteiger partial charge on any atom is 0.270 e. The number of amides is 2. The molecule has 9 nitrogen and oxygen atoms in total. The molecule has 2 aromatic carbocycles. The first-order valence-electron chi connectivity index (χ1n) is 10.6. The van der Waals surface area contributed by atoms with Crippen molar-refractivity contribution < 1.29 is 22.7 Å². The number of carbonyl (C=O) groups excluding carboxylic acids is 2. The largest absolute Gasteiger partial charge is 0.497 e. The van der Waals surface area contributed by atoms with Gasteiger partial charge in [0.2, 0.25) is 15.9 Å². The second kappa shape index (κ2) is 8.87. The summed E-state index contributed by atoms with van der Waals surface area (Å²) in [4.78, 5) is 27.5. The molecule has 1 aromatic heterocycles. The summed E-state index contributed by atoms with van der Waals surface area (Å²) in [5.41, 5.74) is 2.70. The van der Waals surface area contributed by atoms with Crippen molar-refractivity contribution in [3.05, 3.63) is 53.7 Å². The highest BCUT2D eigenvalue weighted by molar-refractivity contribution is 7.89. The Morgan fingerprint density at radius 1 is 1.18 bits per heavy atom. The molecule has 0 aliphatic carbocycles. The number of carbonyl (C=O) groups is 2. The summed E-state index contributed by atoms with van der Waals surface area (Å²) in [6.45, 7) is 0.900. The third kappa shape index (κ3) is 4.44. The van der Waals surface area contributed by atoms with Crippen molar-refractivity contribution in [2.24, 2.45) is 12.2 Å². The molecule has 3 N–H and O–H groups in total. The predicted molar refractivity (Wildman–Crippen MR) is 125 cm³/mol. The first-order chi connectivity index (χ1) is 15.7. The van der Waals surface area contributed by atoms with E-state index >= 15 is 0 Å². The van der Waals surface area contributed by atoms with Crippen molar-refractivity contribution in [1.82, 2.24) is 9.88 Å². The van der Waals surface area contributed by atoms with Gasteiger partial charge in [0.1, 0.15) is 11.4 Å². The maximum atomic E-state index is 13.3. The Balaban J connectivity index is 1.60. The molecule has 3 aromatic rings. The van der Waals surface area contributed by atoms with Crippen molar-refractivity contribution in [2.75, 3.05) is 25.1 Å². The molecule has 2 heterocycles. The number of rotatable bonds is 7. The molecule has 1 aliphatic rings. The number of benzene rings is 2. The van der Waals surface area contributed by atoms with Crippen LogP contribution in [0.1, 0.15) is 28.9 Å². The number of methoxy groups -OCH3 is 1. The Bertz CT molecular complexity index is 1330. The molecule has 1 aliphatic heterocycles. The van der Waals surface area contributed by atoms with Crippen molar-refractivity contribution in [3.8, 4) is 5.75 Å². The number of ether oxygens (including phenoxy) is 1. The molecule has 10 heteroatoms. The number of primary sulfonamides is 1. The third-order valence-electron chi connectivity index (χ3n) is 5.89. The van der Waals surface area contributed by atoms with E-state index in [1.807, 2.05) is 18.2 Å². The van der Waals surface area contributed by atoms with Crippen LogP contribution in [0, 0.1) is 0 Å². The Morgan fingerprint density at radius 2 is 1.91 bits per heavy atom. The minimum atomic E-state index is -3.74. The first-order valence-corrected chi connectivity index (χ1v) is 12.1. The van der Waals surface area contributed by atoms with Crippen LogP contribution < -0.4 is 20.1 Å². The van der Waals surface area contributed by atoms with Gasteiger partial charge in [-0.15, -0.1) is 0 Å². The van der Waals surface area contributed by atoms with Crippen LogP contribution in [-0.2, 0) is 28.3 Å². The molecule has 1 fully saturated rings. The fourth-order valence-electron chi connectivity index (χ4n) is 4.20. The molecule has 0 spiro atoms. The van der Waals surface area contributed by atoms with E-state index in [9.17, 15) is 18.0 Å². The van der Waals surface area contributed by atoms with E-state index in [0.717, 1.165) is 22.9 Å². The lowest BCUT2D eigenvalue weighted by molar-refractivity contribution is -0.117. The van der Waals surface area contributed by atoms with E-state index in [1.165, 1.54) is 12.1 Å². The summed E-state index contributed by atoms with van der Waals surface area (Å²) >= 11 is 0. The molecule has 4 rings (SSSR count). The number of anilines is 1. The summed E-state index contributed by atoms with van der Waals surface area (Å²) in [6, 6.07) is 11.8. The number of nitrogens with zero attached hydrogens (tertiary/aromatic N) is 2. The van der Waals surface area contributed by atoms with Gasteiger partial charge >= 0.3 is 0 Å². The van der Waals surface area contributed by atoms with Crippen molar-refractivity contribution in [1.29, 1.82) is 0 Å². The van der Waals surface area contributed by atoms with Crippen molar-refractivity contribution in [3.63, 3.8) is 0 Å². The predicted octanol–water partition coefficient (Wildman–Crippen LogP) is 1.93. The van der Waals surface area contributed by atoms with E-state index in [2.05, 4.69) is 5.32 Å². The molecular weight excluding hydrogens is 444 g/mol. The Kier molecular flexibility index (Phi) is 6.13. The van der Waals surface area contributed by atoms with Gasteiger partial charge in [-0.1, -0.05) is 12.1 Å². The molecule has 33 heavy (non-hydrogen) atoms. The number of nitrogens with one attached hydrogen (secondary N) is 1. The highest BCUT2D eigenvalue weighted by Gasteiger charge is 2.31. The molecule has 0 radical (unpaired) electrons. The van der Waals surface area contributed by atoms with Gasteiger partial charge in [-0.2, -0.15) is 0 Å². The second-order valence-electron chi connectivity index (χ2n) is 7.98. The molecular formula is C23H26N4O5S. The topological polar surface area (TPSA) is 124 Å². The summed E-state index contributed by atoms with van der Waals surface area (Å²) in [7, 11) is -0.361. The van der Waals surface area contributed by atoms with Crippen LogP contribution in [0.3, 0.4) is 0 Å². The molecule has 2 amide bonds. The normalized spacial score (nSPS) is 14.2. The van der Waals surface area contributed by atoms with E-state index < -0.39 is 10.0 Å². The smallest absolute Gasteiger partial charge is 0.270 e. The zero-order valence-electron chi connectivity index (χ0n) is 18.5. The van der Waals surface area contributed by atoms with Gasteiger partial charge in [-0.05, 0) is 48.7 Å². The quantitative estimate of drug-likeness (QED) is 0.546. The van der Waals surface area contributed by atoms with Crippen molar-refractivity contribution in [2.45, 2.75) is 24.2 Å². The average Bonchev–Trinajstić information content (AvgIpc) is 3.33. The molecule has 0 atom stereocenters. The third-order valence-corrected chi connectivity index (χ3v) is 6.82. The van der Waals surface area contributed by atoms with Gasteiger partial charge < -0.3 is 19.5 Å². The molecule has 0 saturated carbocycles. The first kappa shape index (κ1) is 22.8. The number of nitrogens with two attached hydrogens (primary N) is 1. The van der Waals surface area contributed by atoms with Crippen LogP contribution in [0.4, 0.5) is 5.69 Å². The second-order valence-corrected chi connectivity index (χ2v) is 9.54. The van der Waals surface area contributed by atoms with Crippen LogP contribution in [0.25, 0.3) is 10.9 Å². The van der Waals surface area contributed by atoms with Crippen LogP contribution in [0.15, 0.2) is 47.4 Å². The number of hydrogen-bond acceptors (Lipinski definition) is 5. The van der Waals surface area contributed by atoms with Crippen LogP contribution in [0.2, 0.25) is 0 Å². The number of sulfonamides is 1. The molecule has 0 bridgehead atoms. The average molecular weight is 471 g/mol. The zero-order chi connectivity index (χ0) is 23.8.